The fraction of sp³-hybridized carbons (Fsp3) is 0.350. The van der Waals surface area contributed by atoms with Gasteiger partial charge in [-0.15, -0.1) is 0 Å². The van der Waals surface area contributed by atoms with Crippen molar-refractivity contribution in [1.82, 2.24) is 9.62 Å². The maximum absolute atomic E-state index is 13.0. The summed E-state index contributed by atoms with van der Waals surface area (Å²) < 4.78 is 38.0. The third-order valence-corrected chi connectivity index (χ3v) is 6.34. The van der Waals surface area contributed by atoms with E-state index in [1.54, 1.807) is 12.1 Å². The van der Waals surface area contributed by atoms with Crippen LogP contribution in [0.5, 0.6) is 5.75 Å². The minimum atomic E-state index is -3.76. The topological polar surface area (TPSA) is 84.9 Å². The highest BCUT2D eigenvalue weighted by atomic mass is 32.2. The van der Waals surface area contributed by atoms with Gasteiger partial charge in [0.25, 0.3) is 5.91 Å². The Labute approximate surface area is 165 Å². The number of amides is 1. The molecule has 1 heterocycles. The van der Waals surface area contributed by atoms with Gasteiger partial charge in [-0.05, 0) is 36.8 Å². The average molecular weight is 404 g/mol. The highest BCUT2D eigenvalue weighted by Crippen LogP contribution is 2.21. The Morgan fingerprint density at radius 1 is 1.14 bits per heavy atom. The van der Waals surface area contributed by atoms with Crippen molar-refractivity contribution in [2.24, 2.45) is 0 Å². The number of carbonyl (C=O) groups is 1. The molecular weight excluding hydrogens is 380 g/mol. The molecular formula is C20H24N2O5S. The van der Waals surface area contributed by atoms with Crippen molar-refractivity contribution in [2.45, 2.75) is 18.4 Å². The Bertz CT molecular complexity index is 924. The molecule has 28 heavy (non-hydrogen) atoms. The van der Waals surface area contributed by atoms with Crippen molar-refractivity contribution in [3.8, 4) is 5.75 Å². The smallest absolute Gasteiger partial charge is 0.252 e. The quantitative estimate of drug-likeness (QED) is 0.763. The first kappa shape index (κ1) is 20.3. The molecule has 2 aromatic rings. The van der Waals surface area contributed by atoms with Gasteiger partial charge in [-0.3, -0.25) is 4.79 Å². The first-order chi connectivity index (χ1) is 13.5. The Kier molecular flexibility index (Phi) is 6.66. The molecule has 7 nitrogen and oxygen atoms in total. The Morgan fingerprint density at radius 3 is 2.64 bits per heavy atom. The van der Waals surface area contributed by atoms with Crippen LogP contribution in [-0.4, -0.2) is 51.5 Å². The van der Waals surface area contributed by atoms with E-state index in [1.807, 2.05) is 31.2 Å². The van der Waals surface area contributed by atoms with Gasteiger partial charge in [0, 0.05) is 19.6 Å². The molecule has 0 saturated carbocycles. The summed E-state index contributed by atoms with van der Waals surface area (Å²) in [5.41, 5.74) is 1.00. The third-order valence-electron chi connectivity index (χ3n) is 4.38. The van der Waals surface area contributed by atoms with Gasteiger partial charge < -0.3 is 14.8 Å². The summed E-state index contributed by atoms with van der Waals surface area (Å²) >= 11 is 0. The number of hydrogen-bond acceptors (Lipinski definition) is 5. The molecule has 1 amide bonds. The lowest BCUT2D eigenvalue weighted by molar-refractivity contribution is 0.0730. The van der Waals surface area contributed by atoms with Crippen LogP contribution in [0.1, 0.15) is 22.8 Å². The second-order valence-corrected chi connectivity index (χ2v) is 8.18. The highest BCUT2D eigenvalue weighted by Gasteiger charge is 2.29. The van der Waals surface area contributed by atoms with Crippen LogP contribution in [-0.2, 0) is 21.3 Å². The van der Waals surface area contributed by atoms with E-state index < -0.39 is 15.9 Å². The molecule has 0 atom stereocenters. The minimum absolute atomic E-state index is 0.0115. The average Bonchev–Trinajstić information content (AvgIpc) is 2.73. The maximum Gasteiger partial charge on any atom is 0.252 e. The van der Waals surface area contributed by atoms with Gasteiger partial charge in [0.15, 0.2) is 0 Å². The number of ether oxygens (including phenoxy) is 2. The van der Waals surface area contributed by atoms with Crippen LogP contribution in [0.3, 0.4) is 0 Å². The van der Waals surface area contributed by atoms with E-state index in [2.05, 4.69) is 5.32 Å². The number of rotatable bonds is 7. The molecule has 1 saturated heterocycles. The SMILES string of the molecule is CCOc1cccc(CNC(=O)c2ccccc2S(=O)(=O)N2CCOCC2)c1. The fourth-order valence-corrected chi connectivity index (χ4v) is 4.59. The Morgan fingerprint density at radius 2 is 1.89 bits per heavy atom. The first-order valence-corrected chi connectivity index (χ1v) is 10.6. The summed E-state index contributed by atoms with van der Waals surface area (Å²) in [6.45, 7) is 3.99. The van der Waals surface area contributed by atoms with E-state index in [-0.39, 0.29) is 30.1 Å². The summed E-state index contributed by atoms with van der Waals surface area (Å²) in [5, 5.41) is 2.80. The maximum atomic E-state index is 13.0. The number of morpholine rings is 1. The van der Waals surface area contributed by atoms with E-state index in [1.165, 1.54) is 16.4 Å². The van der Waals surface area contributed by atoms with Crippen molar-refractivity contribution < 1.29 is 22.7 Å². The van der Waals surface area contributed by atoms with E-state index in [0.29, 0.717) is 19.8 Å². The molecule has 1 aliphatic heterocycles. The molecule has 3 rings (SSSR count). The number of nitrogens with one attached hydrogen (secondary N) is 1. The minimum Gasteiger partial charge on any atom is -0.494 e. The second kappa shape index (κ2) is 9.18. The molecule has 0 radical (unpaired) electrons. The number of hydrogen-bond donors (Lipinski definition) is 1. The van der Waals surface area contributed by atoms with Gasteiger partial charge in [-0.25, -0.2) is 8.42 Å². The van der Waals surface area contributed by atoms with E-state index in [0.717, 1.165) is 11.3 Å². The van der Waals surface area contributed by atoms with Crippen LogP contribution in [0, 0.1) is 0 Å². The summed E-state index contributed by atoms with van der Waals surface area (Å²) in [5.74, 6) is 0.291. The lowest BCUT2D eigenvalue weighted by atomic mass is 10.2. The van der Waals surface area contributed by atoms with Gasteiger partial charge in [0.05, 0.1) is 30.3 Å². The fourth-order valence-electron chi connectivity index (χ4n) is 2.99. The number of nitrogens with zero attached hydrogens (tertiary/aromatic N) is 1. The van der Waals surface area contributed by atoms with Gasteiger partial charge in [0.1, 0.15) is 5.75 Å². The van der Waals surface area contributed by atoms with Crippen molar-refractivity contribution >= 4 is 15.9 Å². The zero-order chi connectivity index (χ0) is 20.0. The Balaban J connectivity index is 1.76. The van der Waals surface area contributed by atoms with Crippen LogP contribution in [0.4, 0.5) is 0 Å². The largest absolute Gasteiger partial charge is 0.494 e. The number of sulfonamides is 1. The van der Waals surface area contributed by atoms with E-state index in [9.17, 15) is 13.2 Å². The number of carbonyl (C=O) groups excluding carboxylic acids is 1. The molecule has 0 aromatic heterocycles. The van der Waals surface area contributed by atoms with Gasteiger partial charge in [-0.1, -0.05) is 24.3 Å². The summed E-state index contributed by atoms with van der Waals surface area (Å²) in [6.07, 6.45) is 0. The molecule has 150 valence electrons. The van der Waals surface area contributed by atoms with Gasteiger partial charge in [0.2, 0.25) is 10.0 Å². The van der Waals surface area contributed by atoms with Crippen LogP contribution >= 0.6 is 0 Å². The van der Waals surface area contributed by atoms with Crippen molar-refractivity contribution in [1.29, 1.82) is 0 Å². The molecule has 0 unspecified atom stereocenters. The monoisotopic (exact) mass is 404 g/mol. The van der Waals surface area contributed by atoms with Crippen molar-refractivity contribution in [3.05, 3.63) is 59.7 Å². The molecule has 2 aromatic carbocycles. The molecule has 8 heteroatoms. The highest BCUT2D eigenvalue weighted by molar-refractivity contribution is 7.89. The lowest BCUT2D eigenvalue weighted by Crippen LogP contribution is -2.41. The summed E-state index contributed by atoms with van der Waals surface area (Å²) in [4.78, 5) is 12.7. The standard InChI is InChI=1S/C20H24N2O5S/c1-2-27-17-7-5-6-16(14-17)15-21-20(23)18-8-3-4-9-19(18)28(24,25)22-10-12-26-13-11-22/h3-9,14H,2,10-13,15H2,1H3,(H,21,23). The van der Waals surface area contributed by atoms with Crippen molar-refractivity contribution in [2.75, 3.05) is 32.9 Å². The summed E-state index contributed by atoms with van der Waals surface area (Å²) in [7, 11) is -3.76. The van der Waals surface area contributed by atoms with Crippen LogP contribution in [0.15, 0.2) is 53.4 Å². The summed E-state index contributed by atoms with van der Waals surface area (Å²) in [6, 6.07) is 13.7. The van der Waals surface area contributed by atoms with Gasteiger partial charge in [-0.2, -0.15) is 4.31 Å². The van der Waals surface area contributed by atoms with Gasteiger partial charge >= 0.3 is 0 Å². The van der Waals surface area contributed by atoms with Crippen LogP contribution in [0.2, 0.25) is 0 Å². The van der Waals surface area contributed by atoms with Crippen molar-refractivity contribution in [3.63, 3.8) is 0 Å². The predicted molar refractivity (Wildman–Crippen MR) is 105 cm³/mol. The van der Waals surface area contributed by atoms with E-state index >= 15 is 0 Å². The molecule has 0 spiro atoms. The lowest BCUT2D eigenvalue weighted by Gasteiger charge is -2.26. The van der Waals surface area contributed by atoms with Crippen LogP contribution < -0.4 is 10.1 Å². The molecule has 0 bridgehead atoms. The zero-order valence-corrected chi connectivity index (χ0v) is 16.6. The molecule has 1 N–H and O–H groups in total. The number of benzene rings is 2. The molecule has 1 aliphatic rings. The molecule has 0 aliphatic carbocycles. The normalized spacial score (nSPS) is 15.2. The zero-order valence-electron chi connectivity index (χ0n) is 15.8. The van der Waals surface area contributed by atoms with E-state index in [4.69, 9.17) is 9.47 Å². The van der Waals surface area contributed by atoms with Crippen LogP contribution in [0.25, 0.3) is 0 Å². The first-order valence-electron chi connectivity index (χ1n) is 9.19. The molecule has 1 fully saturated rings. The predicted octanol–water partition coefficient (Wildman–Crippen LogP) is 2.04. The Hall–Kier alpha value is -2.42. The third kappa shape index (κ3) is 4.70. The second-order valence-electron chi connectivity index (χ2n) is 6.28.